The Hall–Kier alpha value is -4.73. The van der Waals surface area contributed by atoms with Gasteiger partial charge in [-0.05, 0) is 51.7 Å². The number of rotatable bonds is 7. The molecule has 0 aliphatic rings. The van der Waals surface area contributed by atoms with E-state index in [-0.39, 0.29) is 11.9 Å². The summed E-state index contributed by atoms with van der Waals surface area (Å²) in [6.07, 6.45) is 3.66. The molecular formula is C31H27N5O. The van der Waals surface area contributed by atoms with Crippen LogP contribution < -0.4 is 10.6 Å². The third-order valence-corrected chi connectivity index (χ3v) is 6.51. The van der Waals surface area contributed by atoms with Crippen LogP contribution in [0.25, 0.3) is 21.9 Å². The van der Waals surface area contributed by atoms with Gasteiger partial charge in [-0.15, -0.1) is 0 Å². The first-order valence-electron chi connectivity index (χ1n) is 12.1. The molecule has 1 heterocycles. The quantitative estimate of drug-likeness (QED) is 0.298. The molecule has 0 saturated heterocycles. The number of imidazole rings is 1. The second-order valence-electron chi connectivity index (χ2n) is 9.06. The van der Waals surface area contributed by atoms with Crippen molar-refractivity contribution in [1.29, 1.82) is 5.26 Å². The highest BCUT2D eigenvalue weighted by molar-refractivity contribution is 5.98. The van der Waals surface area contributed by atoms with E-state index in [1.165, 1.54) is 6.92 Å². The van der Waals surface area contributed by atoms with Gasteiger partial charge in [-0.1, -0.05) is 60.7 Å². The minimum absolute atomic E-state index is 0.0926. The van der Waals surface area contributed by atoms with E-state index in [1.54, 1.807) is 6.33 Å². The molecule has 1 amide bonds. The van der Waals surface area contributed by atoms with E-state index in [0.29, 0.717) is 12.1 Å². The number of nitrogens with zero attached hydrogens (tertiary/aromatic N) is 3. The van der Waals surface area contributed by atoms with E-state index in [4.69, 9.17) is 0 Å². The second-order valence-corrected chi connectivity index (χ2v) is 9.06. The average Bonchev–Trinajstić information content (AvgIpc) is 3.34. The number of carbonyl (C=O) groups excluding carboxylic acids is 1. The number of fused-ring (bicyclic) bond motifs is 1. The lowest BCUT2D eigenvalue weighted by molar-refractivity contribution is -0.114. The second kappa shape index (κ2) is 10.5. The molecule has 1 atom stereocenters. The van der Waals surface area contributed by atoms with Crippen LogP contribution in [0.1, 0.15) is 35.3 Å². The van der Waals surface area contributed by atoms with Crippen molar-refractivity contribution < 1.29 is 4.79 Å². The molecule has 1 aromatic heterocycles. The predicted octanol–water partition coefficient (Wildman–Crippen LogP) is 5.95. The molecule has 6 heteroatoms. The van der Waals surface area contributed by atoms with E-state index in [2.05, 4.69) is 52.0 Å². The van der Waals surface area contributed by atoms with Gasteiger partial charge in [-0.25, -0.2) is 4.98 Å². The number of anilines is 1. The Balaban J connectivity index is 1.53. The summed E-state index contributed by atoms with van der Waals surface area (Å²) in [6.45, 7) is 2.11. The first-order valence-corrected chi connectivity index (χ1v) is 12.1. The zero-order valence-corrected chi connectivity index (χ0v) is 20.8. The Morgan fingerprint density at radius 2 is 1.78 bits per heavy atom. The summed E-state index contributed by atoms with van der Waals surface area (Å²) in [5.74, 6) is -0.0926. The lowest BCUT2D eigenvalue weighted by Gasteiger charge is -2.21. The molecule has 0 radical (unpaired) electrons. The zero-order chi connectivity index (χ0) is 25.8. The maximum atomic E-state index is 11.3. The minimum atomic E-state index is -0.149. The standard InChI is InChI=1S/C31H27N5O/c1-21(37)35-26-14-10-22(11-15-26)18-34-31(30-19-33-20-36(30)2)24-12-13-25(17-32)29(16-24)28-9-5-7-23-6-3-4-8-27(23)28/h3-16,19-20,31,34H,18H2,1-2H3,(H,35,37). The van der Waals surface area contributed by atoms with Crippen molar-refractivity contribution in [2.24, 2.45) is 7.05 Å². The number of benzene rings is 4. The highest BCUT2D eigenvalue weighted by Gasteiger charge is 2.20. The van der Waals surface area contributed by atoms with Gasteiger partial charge >= 0.3 is 0 Å². The minimum Gasteiger partial charge on any atom is -0.336 e. The van der Waals surface area contributed by atoms with Crippen LogP contribution in [0, 0.1) is 11.3 Å². The van der Waals surface area contributed by atoms with Crippen molar-refractivity contribution in [2.45, 2.75) is 19.5 Å². The summed E-state index contributed by atoms with van der Waals surface area (Å²) >= 11 is 0. The van der Waals surface area contributed by atoms with Crippen LogP contribution in [-0.4, -0.2) is 15.5 Å². The fourth-order valence-electron chi connectivity index (χ4n) is 4.69. The Bertz CT molecular complexity index is 1610. The number of nitriles is 1. The van der Waals surface area contributed by atoms with Gasteiger partial charge in [-0.2, -0.15) is 5.26 Å². The highest BCUT2D eigenvalue weighted by Crippen LogP contribution is 2.34. The van der Waals surface area contributed by atoms with Crippen LogP contribution in [0.5, 0.6) is 0 Å². The van der Waals surface area contributed by atoms with Gasteiger partial charge in [0, 0.05) is 31.8 Å². The number of nitrogens with one attached hydrogen (secondary N) is 2. The molecule has 0 spiro atoms. The number of carbonyl (C=O) groups is 1. The molecule has 0 aliphatic carbocycles. The molecule has 0 saturated carbocycles. The van der Waals surface area contributed by atoms with Gasteiger partial charge in [0.1, 0.15) is 0 Å². The first-order chi connectivity index (χ1) is 18.0. The Kier molecular flexibility index (Phi) is 6.80. The first kappa shape index (κ1) is 24.0. The van der Waals surface area contributed by atoms with Crippen LogP contribution in [0.4, 0.5) is 5.69 Å². The summed E-state index contributed by atoms with van der Waals surface area (Å²) < 4.78 is 2.01. The average molecular weight is 486 g/mol. The van der Waals surface area contributed by atoms with Crippen molar-refractivity contribution in [2.75, 3.05) is 5.32 Å². The third kappa shape index (κ3) is 5.13. The van der Waals surface area contributed by atoms with Gasteiger partial charge in [0.05, 0.1) is 35.9 Å². The molecule has 5 rings (SSSR count). The van der Waals surface area contributed by atoms with E-state index in [0.717, 1.165) is 44.4 Å². The van der Waals surface area contributed by atoms with E-state index >= 15 is 0 Å². The topological polar surface area (TPSA) is 82.7 Å². The summed E-state index contributed by atoms with van der Waals surface area (Å²) in [7, 11) is 1.98. The van der Waals surface area contributed by atoms with Crippen LogP contribution in [0.15, 0.2) is 97.5 Å². The van der Waals surface area contributed by atoms with Crippen molar-refractivity contribution in [1.82, 2.24) is 14.9 Å². The molecule has 182 valence electrons. The van der Waals surface area contributed by atoms with Gasteiger partial charge in [0.25, 0.3) is 0 Å². The maximum Gasteiger partial charge on any atom is 0.221 e. The van der Waals surface area contributed by atoms with Crippen LogP contribution >= 0.6 is 0 Å². The highest BCUT2D eigenvalue weighted by atomic mass is 16.1. The number of amides is 1. The molecular weight excluding hydrogens is 458 g/mol. The van der Waals surface area contributed by atoms with Crippen LogP contribution in [0.3, 0.4) is 0 Å². The third-order valence-electron chi connectivity index (χ3n) is 6.51. The smallest absolute Gasteiger partial charge is 0.221 e. The van der Waals surface area contributed by atoms with Crippen molar-refractivity contribution >= 4 is 22.4 Å². The van der Waals surface area contributed by atoms with E-state index < -0.39 is 0 Å². The SMILES string of the molecule is CC(=O)Nc1ccc(CNC(c2ccc(C#N)c(-c3cccc4ccccc34)c2)c2cncn2C)cc1. The molecule has 4 aromatic carbocycles. The molecule has 5 aromatic rings. The fourth-order valence-corrected chi connectivity index (χ4v) is 4.69. The Labute approximate surface area is 216 Å². The van der Waals surface area contributed by atoms with E-state index in [1.807, 2.05) is 72.4 Å². The van der Waals surface area contributed by atoms with Crippen LogP contribution in [-0.2, 0) is 18.4 Å². The van der Waals surface area contributed by atoms with Crippen molar-refractivity contribution in [3.63, 3.8) is 0 Å². The number of aromatic nitrogens is 2. The molecule has 1 unspecified atom stereocenters. The maximum absolute atomic E-state index is 11.3. The molecule has 0 bridgehead atoms. The Morgan fingerprint density at radius 3 is 2.51 bits per heavy atom. The summed E-state index contributed by atoms with van der Waals surface area (Å²) in [5, 5.41) is 18.7. The lowest BCUT2D eigenvalue weighted by atomic mass is 9.91. The largest absolute Gasteiger partial charge is 0.336 e. The summed E-state index contributed by atoms with van der Waals surface area (Å²) in [5.41, 5.74) is 6.50. The molecule has 6 nitrogen and oxygen atoms in total. The molecule has 37 heavy (non-hydrogen) atoms. The van der Waals surface area contributed by atoms with Gasteiger partial charge in [0.2, 0.25) is 5.91 Å². The molecule has 0 aliphatic heterocycles. The monoisotopic (exact) mass is 485 g/mol. The predicted molar refractivity (Wildman–Crippen MR) is 147 cm³/mol. The van der Waals surface area contributed by atoms with Gasteiger partial charge in [-0.3, -0.25) is 4.79 Å². The number of aryl methyl sites for hydroxylation is 1. The molecule has 2 N–H and O–H groups in total. The normalized spacial score (nSPS) is 11.7. The zero-order valence-electron chi connectivity index (χ0n) is 20.8. The summed E-state index contributed by atoms with van der Waals surface area (Å²) in [4.78, 5) is 15.7. The Morgan fingerprint density at radius 1 is 1.00 bits per heavy atom. The molecule has 0 fully saturated rings. The number of hydrogen-bond acceptors (Lipinski definition) is 4. The van der Waals surface area contributed by atoms with Crippen molar-refractivity contribution in [3.8, 4) is 17.2 Å². The van der Waals surface area contributed by atoms with Gasteiger partial charge in [0.15, 0.2) is 0 Å². The van der Waals surface area contributed by atoms with Crippen molar-refractivity contribution in [3.05, 3.63) is 120 Å². The number of hydrogen-bond donors (Lipinski definition) is 2. The van der Waals surface area contributed by atoms with Crippen LogP contribution in [0.2, 0.25) is 0 Å². The van der Waals surface area contributed by atoms with E-state index in [9.17, 15) is 10.1 Å². The lowest BCUT2D eigenvalue weighted by Crippen LogP contribution is -2.24. The van der Waals surface area contributed by atoms with Gasteiger partial charge < -0.3 is 15.2 Å². The fraction of sp³-hybridized carbons (Fsp3) is 0.129. The summed E-state index contributed by atoms with van der Waals surface area (Å²) in [6, 6.07) is 30.5.